The molecule has 0 radical (unpaired) electrons. The molecule has 0 amide bonds. The minimum Gasteiger partial charge on any atom is -0.184 e. The molecule has 4 heteroatoms. The normalized spacial score (nSPS) is 17.3. The fourth-order valence-electron chi connectivity index (χ4n) is 3.61. The predicted molar refractivity (Wildman–Crippen MR) is 112 cm³/mol. The van der Waals surface area contributed by atoms with Crippen LogP contribution in [0.5, 0.6) is 0 Å². The minimum atomic E-state index is -1.37. The Hall–Kier alpha value is -3.28. The molecule has 1 aliphatic heterocycles. The molecule has 4 aromatic carbocycles. The molecular formula is C26H20O4. The molecule has 0 unspecified atom stereocenters. The van der Waals surface area contributed by atoms with Crippen molar-refractivity contribution in [2.45, 2.75) is 11.6 Å². The van der Waals surface area contributed by atoms with E-state index in [0.29, 0.717) is 0 Å². The molecule has 0 N–H and O–H groups in total. The number of hydrogen-bond acceptors (Lipinski definition) is 4. The van der Waals surface area contributed by atoms with Crippen LogP contribution in [0.1, 0.15) is 22.3 Å². The third-order valence-corrected chi connectivity index (χ3v) is 5.17. The summed E-state index contributed by atoms with van der Waals surface area (Å²) in [7, 11) is 0. The highest BCUT2D eigenvalue weighted by Crippen LogP contribution is 2.47. The summed E-state index contributed by atoms with van der Waals surface area (Å²) in [6, 6.07) is 38.4. The summed E-state index contributed by atoms with van der Waals surface area (Å²) in [5.41, 5.74) is 3.02. The lowest BCUT2D eigenvalue weighted by molar-refractivity contribution is -0.653. The SMILES string of the molecule is c1ccc(C2(c3ccccc3)OOC(c3ccccc3)(c3ccccc3)OO2)cc1. The lowest BCUT2D eigenvalue weighted by Gasteiger charge is -2.43. The van der Waals surface area contributed by atoms with Crippen molar-refractivity contribution < 1.29 is 19.6 Å². The molecule has 1 fully saturated rings. The van der Waals surface area contributed by atoms with Crippen molar-refractivity contribution in [3.63, 3.8) is 0 Å². The molecule has 0 aromatic heterocycles. The first-order valence-electron chi connectivity index (χ1n) is 9.79. The summed E-state index contributed by atoms with van der Waals surface area (Å²) in [5, 5.41) is 0. The van der Waals surface area contributed by atoms with E-state index in [-0.39, 0.29) is 0 Å². The predicted octanol–water partition coefficient (Wildman–Crippen LogP) is 5.70. The fraction of sp³-hybridized carbons (Fsp3) is 0.0769. The van der Waals surface area contributed by atoms with Crippen LogP contribution >= 0.6 is 0 Å². The van der Waals surface area contributed by atoms with Crippen LogP contribution in [0.25, 0.3) is 0 Å². The molecule has 0 saturated carbocycles. The maximum atomic E-state index is 6.12. The van der Waals surface area contributed by atoms with Gasteiger partial charge in [-0.05, 0) is 0 Å². The third-order valence-electron chi connectivity index (χ3n) is 5.17. The van der Waals surface area contributed by atoms with Crippen molar-refractivity contribution in [1.29, 1.82) is 0 Å². The average Bonchev–Trinajstić information content (AvgIpc) is 2.86. The molecule has 30 heavy (non-hydrogen) atoms. The molecule has 0 spiro atoms. The van der Waals surface area contributed by atoms with Gasteiger partial charge in [0.2, 0.25) is 0 Å². The van der Waals surface area contributed by atoms with Crippen LogP contribution in [0.2, 0.25) is 0 Å². The number of benzene rings is 4. The maximum absolute atomic E-state index is 6.12. The van der Waals surface area contributed by atoms with Crippen LogP contribution in [-0.4, -0.2) is 0 Å². The molecule has 1 saturated heterocycles. The smallest absolute Gasteiger partial charge is 0.184 e. The van der Waals surface area contributed by atoms with Gasteiger partial charge in [0.25, 0.3) is 11.6 Å². The summed E-state index contributed by atoms with van der Waals surface area (Å²) in [6.07, 6.45) is 0. The quantitative estimate of drug-likeness (QED) is 0.415. The van der Waals surface area contributed by atoms with E-state index in [0.717, 1.165) is 22.3 Å². The molecule has 1 heterocycles. The zero-order valence-electron chi connectivity index (χ0n) is 16.2. The molecule has 0 aliphatic carbocycles. The van der Waals surface area contributed by atoms with E-state index in [2.05, 4.69) is 0 Å². The van der Waals surface area contributed by atoms with Gasteiger partial charge in [0.05, 0.1) is 0 Å². The van der Waals surface area contributed by atoms with Crippen molar-refractivity contribution in [2.24, 2.45) is 0 Å². The van der Waals surface area contributed by atoms with Gasteiger partial charge in [-0.25, -0.2) is 0 Å². The Morgan fingerprint density at radius 1 is 0.300 bits per heavy atom. The van der Waals surface area contributed by atoms with Crippen molar-refractivity contribution in [1.82, 2.24) is 0 Å². The van der Waals surface area contributed by atoms with Crippen molar-refractivity contribution >= 4 is 0 Å². The van der Waals surface area contributed by atoms with Crippen LogP contribution < -0.4 is 0 Å². The molecule has 0 bridgehead atoms. The molecule has 0 atom stereocenters. The largest absolute Gasteiger partial charge is 0.284 e. The average molecular weight is 396 g/mol. The molecule has 4 aromatic rings. The Morgan fingerprint density at radius 3 is 0.700 bits per heavy atom. The van der Waals surface area contributed by atoms with Crippen LogP contribution in [0.3, 0.4) is 0 Å². The first-order valence-corrected chi connectivity index (χ1v) is 9.79. The van der Waals surface area contributed by atoms with E-state index >= 15 is 0 Å². The Kier molecular flexibility index (Phi) is 4.91. The number of hydrogen-bond donors (Lipinski definition) is 0. The van der Waals surface area contributed by atoms with Crippen LogP contribution in [-0.2, 0) is 31.1 Å². The van der Waals surface area contributed by atoms with E-state index < -0.39 is 11.6 Å². The second-order valence-electron chi connectivity index (χ2n) is 7.03. The zero-order chi connectivity index (χ0) is 20.3. The standard InChI is InChI=1S/C26H20O4/c1-5-13-21(14-6-1)25(22-15-7-2-8-16-22)27-29-26(30-28-25,23-17-9-3-10-18-23)24-19-11-4-12-20-24/h1-20H. The molecule has 148 valence electrons. The Labute approximate surface area is 175 Å². The van der Waals surface area contributed by atoms with Crippen molar-refractivity contribution in [3.05, 3.63) is 144 Å². The Balaban J connectivity index is 1.61. The first kappa shape index (κ1) is 18.7. The van der Waals surface area contributed by atoms with Gasteiger partial charge >= 0.3 is 0 Å². The summed E-state index contributed by atoms with van der Waals surface area (Å²) < 4.78 is 0. The summed E-state index contributed by atoms with van der Waals surface area (Å²) in [6.45, 7) is 0. The third kappa shape index (κ3) is 3.12. The molecule has 4 nitrogen and oxygen atoms in total. The van der Waals surface area contributed by atoms with Gasteiger partial charge in [0.1, 0.15) is 0 Å². The second kappa shape index (κ2) is 7.86. The zero-order valence-corrected chi connectivity index (χ0v) is 16.2. The van der Waals surface area contributed by atoms with Crippen molar-refractivity contribution in [3.8, 4) is 0 Å². The molecule has 5 rings (SSSR count). The summed E-state index contributed by atoms with van der Waals surface area (Å²) in [4.78, 5) is 24.5. The van der Waals surface area contributed by atoms with E-state index in [1.165, 1.54) is 0 Å². The lowest BCUT2D eigenvalue weighted by atomic mass is 9.96. The first-order chi connectivity index (χ1) is 14.8. The van der Waals surface area contributed by atoms with Gasteiger partial charge in [-0.15, -0.1) is 0 Å². The monoisotopic (exact) mass is 396 g/mol. The van der Waals surface area contributed by atoms with Crippen LogP contribution in [0, 0.1) is 0 Å². The maximum Gasteiger partial charge on any atom is 0.284 e. The Bertz CT molecular complexity index is 901. The van der Waals surface area contributed by atoms with Gasteiger partial charge in [0, 0.05) is 22.3 Å². The highest BCUT2D eigenvalue weighted by molar-refractivity contribution is 5.36. The van der Waals surface area contributed by atoms with E-state index in [1.54, 1.807) is 0 Å². The van der Waals surface area contributed by atoms with Gasteiger partial charge < -0.3 is 0 Å². The fourth-order valence-corrected chi connectivity index (χ4v) is 3.61. The van der Waals surface area contributed by atoms with Gasteiger partial charge in [-0.3, -0.25) is 0 Å². The highest BCUT2D eigenvalue weighted by Gasteiger charge is 2.53. The topological polar surface area (TPSA) is 36.9 Å². The van der Waals surface area contributed by atoms with E-state index in [4.69, 9.17) is 19.6 Å². The van der Waals surface area contributed by atoms with E-state index in [9.17, 15) is 0 Å². The van der Waals surface area contributed by atoms with Crippen molar-refractivity contribution in [2.75, 3.05) is 0 Å². The van der Waals surface area contributed by atoms with Crippen LogP contribution in [0.15, 0.2) is 121 Å². The minimum absolute atomic E-state index is 0.755. The molecular weight excluding hydrogens is 376 g/mol. The van der Waals surface area contributed by atoms with E-state index in [1.807, 2.05) is 121 Å². The second-order valence-corrected chi connectivity index (χ2v) is 7.03. The Morgan fingerprint density at radius 2 is 0.500 bits per heavy atom. The number of rotatable bonds is 4. The van der Waals surface area contributed by atoms with Gasteiger partial charge in [0.15, 0.2) is 0 Å². The van der Waals surface area contributed by atoms with Gasteiger partial charge in [-0.1, -0.05) is 121 Å². The van der Waals surface area contributed by atoms with Crippen LogP contribution in [0.4, 0.5) is 0 Å². The summed E-state index contributed by atoms with van der Waals surface area (Å²) >= 11 is 0. The lowest BCUT2D eigenvalue weighted by Crippen LogP contribution is -2.48. The molecule has 1 aliphatic rings. The highest BCUT2D eigenvalue weighted by atomic mass is 17.4. The van der Waals surface area contributed by atoms with Gasteiger partial charge in [-0.2, -0.15) is 19.6 Å². The summed E-state index contributed by atoms with van der Waals surface area (Å²) in [5.74, 6) is -2.73.